The molecule has 0 aromatic heterocycles. The molecule has 3 rings (SSSR count). The zero-order chi connectivity index (χ0) is 14.7. The Labute approximate surface area is 127 Å². The minimum Gasteiger partial charge on any atom is -0.494 e. The van der Waals surface area contributed by atoms with Gasteiger partial charge in [-0.15, -0.1) is 0 Å². The number of hydrogen-bond donors (Lipinski definition) is 1. The van der Waals surface area contributed by atoms with Crippen molar-refractivity contribution in [3.63, 3.8) is 0 Å². The van der Waals surface area contributed by atoms with E-state index in [1.54, 1.807) is 0 Å². The van der Waals surface area contributed by atoms with Gasteiger partial charge < -0.3 is 15.2 Å². The van der Waals surface area contributed by atoms with Gasteiger partial charge in [0, 0.05) is 18.0 Å². The second-order valence-electron chi connectivity index (χ2n) is 6.56. The van der Waals surface area contributed by atoms with Crippen LogP contribution in [0.2, 0.25) is 0 Å². The van der Waals surface area contributed by atoms with E-state index in [9.17, 15) is 0 Å². The Morgan fingerprint density at radius 1 is 1.29 bits per heavy atom. The summed E-state index contributed by atoms with van der Waals surface area (Å²) in [5, 5.41) is 0. The zero-order valence-electron chi connectivity index (χ0n) is 13.1. The minimum atomic E-state index is -0.00471. The maximum atomic E-state index is 6.44. The van der Waals surface area contributed by atoms with Gasteiger partial charge in [0.15, 0.2) is 0 Å². The summed E-state index contributed by atoms with van der Waals surface area (Å²) >= 11 is 0. The van der Waals surface area contributed by atoms with Crippen LogP contribution in [0.1, 0.15) is 69.9 Å². The Hall–Kier alpha value is -1.22. The lowest BCUT2D eigenvalue weighted by molar-refractivity contribution is 0.00182. The summed E-state index contributed by atoms with van der Waals surface area (Å²) in [6, 6.07) is 6.21. The lowest BCUT2D eigenvalue weighted by Gasteiger charge is -2.43. The van der Waals surface area contributed by atoms with Gasteiger partial charge in [-0.1, -0.05) is 19.8 Å². The van der Waals surface area contributed by atoms with E-state index >= 15 is 0 Å². The third-order valence-electron chi connectivity index (χ3n) is 4.83. The van der Waals surface area contributed by atoms with Gasteiger partial charge in [0.05, 0.1) is 6.61 Å². The number of unbranched alkanes of at least 4 members (excludes halogenated alkanes) is 1. The molecule has 1 unspecified atom stereocenters. The van der Waals surface area contributed by atoms with Crippen molar-refractivity contribution in [1.29, 1.82) is 0 Å². The van der Waals surface area contributed by atoms with Gasteiger partial charge in [-0.3, -0.25) is 0 Å². The van der Waals surface area contributed by atoms with E-state index in [4.69, 9.17) is 15.2 Å². The van der Waals surface area contributed by atoms with Gasteiger partial charge in [0.2, 0.25) is 0 Å². The summed E-state index contributed by atoms with van der Waals surface area (Å²) in [6.07, 6.45) is 9.33. The van der Waals surface area contributed by atoms with Crippen LogP contribution in [0.3, 0.4) is 0 Å². The topological polar surface area (TPSA) is 44.5 Å². The highest BCUT2D eigenvalue weighted by atomic mass is 16.5. The molecule has 1 fully saturated rings. The second kappa shape index (κ2) is 6.27. The van der Waals surface area contributed by atoms with Crippen LogP contribution in [0.4, 0.5) is 0 Å². The zero-order valence-corrected chi connectivity index (χ0v) is 13.1. The first-order valence-corrected chi connectivity index (χ1v) is 8.44. The van der Waals surface area contributed by atoms with Gasteiger partial charge in [0.25, 0.3) is 0 Å². The fraction of sp³-hybridized carbons (Fsp3) is 0.667. The van der Waals surface area contributed by atoms with Gasteiger partial charge in [-0.2, -0.15) is 0 Å². The fourth-order valence-electron chi connectivity index (χ4n) is 3.62. The van der Waals surface area contributed by atoms with Gasteiger partial charge >= 0.3 is 0 Å². The average Bonchev–Trinajstić information content (AvgIpc) is 2.49. The summed E-state index contributed by atoms with van der Waals surface area (Å²) in [6.45, 7) is 2.94. The first-order chi connectivity index (χ1) is 10.2. The summed E-state index contributed by atoms with van der Waals surface area (Å²) in [7, 11) is 0. The largest absolute Gasteiger partial charge is 0.494 e. The number of benzene rings is 1. The van der Waals surface area contributed by atoms with E-state index in [-0.39, 0.29) is 11.6 Å². The standard InChI is InChI=1S/C18H27NO2/c1-2-3-11-20-14-7-8-17-15(12-14)16(19)13-18(21-17)9-5-4-6-10-18/h7-8,12,16H,2-6,9-11,13,19H2,1H3. The quantitative estimate of drug-likeness (QED) is 0.838. The molecule has 0 saturated heterocycles. The molecule has 21 heavy (non-hydrogen) atoms. The lowest BCUT2D eigenvalue weighted by Crippen LogP contribution is -2.44. The van der Waals surface area contributed by atoms with E-state index in [0.717, 1.165) is 55.8 Å². The molecule has 2 N–H and O–H groups in total. The molecule has 1 aromatic carbocycles. The van der Waals surface area contributed by atoms with E-state index in [1.165, 1.54) is 19.3 Å². The molecule has 0 radical (unpaired) electrons. The van der Waals surface area contributed by atoms with Crippen LogP contribution in [0.15, 0.2) is 18.2 Å². The highest BCUT2D eigenvalue weighted by Crippen LogP contribution is 2.46. The Balaban J connectivity index is 1.76. The van der Waals surface area contributed by atoms with Gasteiger partial charge in [0.1, 0.15) is 17.1 Å². The van der Waals surface area contributed by atoms with Crippen molar-refractivity contribution in [2.24, 2.45) is 5.73 Å². The summed E-state index contributed by atoms with van der Waals surface area (Å²) in [4.78, 5) is 0. The van der Waals surface area contributed by atoms with Crippen molar-refractivity contribution in [2.45, 2.75) is 69.9 Å². The first-order valence-electron chi connectivity index (χ1n) is 8.44. The number of rotatable bonds is 4. The Bertz CT molecular complexity index is 480. The third kappa shape index (κ3) is 3.18. The third-order valence-corrected chi connectivity index (χ3v) is 4.83. The summed E-state index contributed by atoms with van der Waals surface area (Å²) in [5.41, 5.74) is 7.55. The number of ether oxygens (including phenoxy) is 2. The minimum absolute atomic E-state index is 0.00471. The Morgan fingerprint density at radius 3 is 2.86 bits per heavy atom. The molecule has 1 saturated carbocycles. The fourth-order valence-corrected chi connectivity index (χ4v) is 3.62. The van der Waals surface area contributed by atoms with Crippen LogP contribution in [0, 0.1) is 0 Å². The molecule has 1 atom stereocenters. The van der Waals surface area contributed by atoms with Crippen molar-refractivity contribution in [2.75, 3.05) is 6.61 Å². The number of nitrogens with two attached hydrogens (primary N) is 1. The van der Waals surface area contributed by atoms with Crippen molar-refractivity contribution < 1.29 is 9.47 Å². The van der Waals surface area contributed by atoms with Crippen LogP contribution in [-0.2, 0) is 0 Å². The van der Waals surface area contributed by atoms with Gasteiger partial charge in [-0.05, 0) is 50.3 Å². The molecule has 2 aliphatic rings. The molecule has 1 aromatic rings. The van der Waals surface area contributed by atoms with E-state index in [1.807, 2.05) is 12.1 Å². The van der Waals surface area contributed by atoms with Crippen LogP contribution < -0.4 is 15.2 Å². The van der Waals surface area contributed by atoms with Crippen molar-refractivity contribution >= 4 is 0 Å². The molecule has 3 heteroatoms. The van der Waals surface area contributed by atoms with E-state index < -0.39 is 0 Å². The molecule has 1 aliphatic heterocycles. The van der Waals surface area contributed by atoms with Gasteiger partial charge in [-0.25, -0.2) is 0 Å². The van der Waals surface area contributed by atoms with Crippen molar-refractivity contribution in [1.82, 2.24) is 0 Å². The van der Waals surface area contributed by atoms with E-state index in [2.05, 4.69) is 13.0 Å². The number of fused-ring (bicyclic) bond motifs is 1. The normalized spacial score (nSPS) is 23.4. The molecule has 0 amide bonds. The Kier molecular flexibility index (Phi) is 4.39. The highest BCUT2D eigenvalue weighted by molar-refractivity contribution is 5.44. The molecule has 1 heterocycles. The van der Waals surface area contributed by atoms with Crippen LogP contribution in [0.25, 0.3) is 0 Å². The van der Waals surface area contributed by atoms with Crippen LogP contribution in [-0.4, -0.2) is 12.2 Å². The average molecular weight is 289 g/mol. The molecule has 3 nitrogen and oxygen atoms in total. The van der Waals surface area contributed by atoms with Crippen molar-refractivity contribution in [3.8, 4) is 11.5 Å². The molecule has 1 aliphatic carbocycles. The Morgan fingerprint density at radius 2 is 2.10 bits per heavy atom. The maximum absolute atomic E-state index is 6.44. The SMILES string of the molecule is CCCCOc1ccc2c(c1)C(N)CC1(CCCCC1)O2. The second-order valence-corrected chi connectivity index (χ2v) is 6.56. The molecule has 0 bridgehead atoms. The summed E-state index contributed by atoms with van der Waals surface area (Å²) < 4.78 is 12.2. The van der Waals surface area contributed by atoms with Crippen LogP contribution >= 0.6 is 0 Å². The summed E-state index contributed by atoms with van der Waals surface area (Å²) in [5.74, 6) is 1.89. The monoisotopic (exact) mass is 289 g/mol. The highest BCUT2D eigenvalue weighted by Gasteiger charge is 2.40. The molecule has 116 valence electrons. The molecular weight excluding hydrogens is 262 g/mol. The first kappa shape index (κ1) is 14.7. The van der Waals surface area contributed by atoms with Crippen molar-refractivity contribution in [3.05, 3.63) is 23.8 Å². The molecule has 1 spiro atoms. The predicted octanol–water partition coefficient (Wildman–Crippen LogP) is 4.35. The lowest BCUT2D eigenvalue weighted by atomic mass is 9.77. The maximum Gasteiger partial charge on any atom is 0.125 e. The smallest absolute Gasteiger partial charge is 0.125 e. The number of hydrogen-bond acceptors (Lipinski definition) is 3. The molecular formula is C18H27NO2. The predicted molar refractivity (Wildman–Crippen MR) is 84.8 cm³/mol. The van der Waals surface area contributed by atoms with E-state index in [0.29, 0.717) is 0 Å². The van der Waals surface area contributed by atoms with Crippen LogP contribution in [0.5, 0.6) is 11.5 Å².